The lowest BCUT2D eigenvalue weighted by atomic mass is 9.73. The number of nitrogens with two attached hydrogens (primary N) is 1. The molecule has 3 fully saturated rings. The Kier molecular flexibility index (Phi) is 8.62. The number of piperazine rings is 1. The number of hydrogen-bond donors (Lipinski definition) is 2. The van der Waals surface area contributed by atoms with E-state index in [2.05, 4.69) is 25.2 Å². The molecule has 0 unspecified atom stereocenters. The molecule has 0 aliphatic carbocycles. The standard InChI is InChI=1S/C31H34ClF5N8O/c1-3-44-7-6-16(9-33)30(2,14-44)15-46-29-42-26-20(28(43-29)45-12-17-4-5-18(13-45)41-17)11-40-27(25(26)34)23-19(10-38)22(39)8-21(32)24(23)31(35,36)37/h8,11,16-18,41H,3-7,9,12-15,39H2,1-2H3/t16-,17-,18+,30+/m1/s1. The van der Waals surface area contributed by atoms with Crippen molar-refractivity contribution in [3.8, 4) is 23.3 Å². The summed E-state index contributed by atoms with van der Waals surface area (Å²) >= 11 is 5.98. The number of nitrogens with one attached hydrogen (secondary N) is 1. The van der Waals surface area contributed by atoms with E-state index >= 15 is 4.39 Å². The number of likely N-dealkylation sites (tertiary alicyclic amines) is 1. The van der Waals surface area contributed by atoms with E-state index in [-0.39, 0.29) is 47.2 Å². The van der Waals surface area contributed by atoms with E-state index < -0.39 is 51.5 Å². The third-order valence-corrected chi connectivity index (χ3v) is 9.93. The molecule has 15 heteroatoms. The summed E-state index contributed by atoms with van der Waals surface area (Å²) in [6.45, 7) is 6.72. The van der Waals surface area contributed by atoms with Crippen molar-refractivity contribution in [1.82, 2.24) is 25.2 Å². The molecule has 2 bridgehead atoms. The van der Waals surface area contributed by atoms with Crippen molar-refractivity contribution in [2.75, 3.05) is 56.6 Å². The normalized spacial score (nSPS) is 25.2. The minimum absolute atomic E-state index is 0.0387. The number of halogens is 6. The molecular weight excluding hydrogens is 631 g/mol. The fourth-order valence-corrected chi connectivity index (χ4v) is 7.43. The summed E-state index contributed by atoms with van der Waals surface area (Å²) in [5.74, 6) is -1.16. The van der Waals surface area contributed by atoms with Gasteiger partial charge in [-0.3, -0.25) is 9.37 Å². The summed E-state index contributed by atoms with van der Waals surface area (Å²) in [4.78, 5) is 17.3. The van der Waals surface area contributed by atoms with Gasteiger partial charge in [0.15, 0.2) is 5.82 Å². The highest BCUT2D eigenvalue weighted by atomic mass is 35.5. The summed E-state index contributed by atoms with van der Waals surface area (Å²) in [7, 11) is 0. The Morgan fingerprint density at radius 3 is 2.57 bits per heavy atom. The minimum Gasteiger partial charge on any atom is -0.463 e. The van der Waals surface area contributed by atoms with E-state index in [0.717, 1.165) is 32.0 Å². The topological polar surface area (TPSA) is 116 Å². The molecule has 2 aromatic heterocycles. The van der Waals surface area contributed by atoms with Crippen molar-refractivity contribution in [1.29, 1.82) is 5.26 Å². The van der Waals surface area contributed by atoms with Crippen LogP contribution in [0.1, 0.15) is 44.2 Å². The van der Waals surface area contributed by atoms with Gasteiger partial charge >= 0.3 is 12.2 Å². The molecule has 1 aromatic carbocycles. The fourth-order valence-electron chi connectivity index (χ4n) is 7.11. The Morgan fingerprint density at radius 1 is 1.22 bits per heavy atom. The summed E-state index contributed by atoms with van der Waals surface area (Å²) in [6.07, 6.45) is -1.31. The van der Waals surface area contributed by atoms with Crippen LogP contribution in [0.4, 0.5) is 33.5 Å². The molecule has 9 nitrogen and oxygen atoms in total. The van der Waals surface area contributed by atoms with E-state index in [9.17, 15) is 22.8 Å². The molecule has 3 saturated heterocycles. The highest BCUT2D eigenvalue weighted by molar-refractivity contribution is 6.32. The van der Waals surface area contributed by atoms with Gasteiger partial charge in [0.2, 0.25) is 0 Å². The molecule has 0 radical (unpaired) electrons. The maximum absolute atomic E-state index is 16.6. The van der Waals surface area contributed by atoms with Gasteiger partial charge in [-0.15, -0.1) is 0 Å². The number of nitrogens with zero attached hydrogens (tertiary/aromatic N) is 6. The molecule has 3 aliphatic heterocycles. The van der Waals surface area contributed by atoms with Crippen molar-refractivity contribution in [2.24, 2.45) is 11.3 Å². The second-order valence-electron chi connectivity index (χ2n) is 12.7. The van der Waals surface area contributed by atoms with Gasteiger partial charge in [0, 0.05) is 48.9 Å². The van der Waals surface area contributed by atoms with Gasteiger partial charge < -0.3 is 25.6 Å². The smallest absolute Gasteiger partial charge is 0.418 e. The summed E-state index contributed by atoms with van der Waals surface area (Å²) < 4.78 is 79.8. The molecule has 46 heavy (non-hydrogen) atoms. The van der Waals surface area contributed by atoms with E-state index in [1.807, 2.05) is 18.7 Å². The lowest BCUT2D eigenvalue weighted by molar-refractivity contribution is -0.137. The van der Waals surface area contributed by atoms with E-state index in [4.69, 9.17) is 22.1 Å². The van der Waals surface area contributed by atoms with Gasteiger partial charge in [0.05, 0.1) is 40.5 Å². The van der Waals surface area contributed by atoms with Crippen LogP contribution in [0.25, 0.3) is 22.2 Å². The van der Waals surface area contributed by atoms with Gasteiger partial charge in [-0.2, -0.15) is 28.4 Å². The summed E-state index contributed by atoms with van der Waals surface area (Å²) in [5.41, 5.74) is 0.883. The van der Waals surface area contributed by atoms with Crippen LogP contribution in [0, 0.1) is 28.5 Å². The number of pyridine rings is 1. The number of nitrogen functional groups attached to an aromatic ring is 1. The van der Waals surface area contributed by atoms with Gasteiger partial charge in [-0.1, -0.05) is 25.4 Å². The van der Waals surface area contributed by atoms with Gasteiger partial charge in [0.1, 0.15) is 23.1 Å². The monoisotopic (exact) mass is 664 g/mol. The van der Waals surface area contributed by atoms with Crippen LogP contribution in [-0.4, -0.2) is 77.9 Å². The first-order chi connectivity index (χ1) is 21.9. The molecule has 6 rings (SSSR count). The van der Waals surface area contributed by atoms with Gasteiger partial charge in [-0.05, 0) is 44.3 Å². The van der Waals surface area contributed by atoms with Crippen molar-refractivity contribution in [3.05, 3.63) is 34.2 Å². The van der Waals surface area contributed by atoms with Crippen molar-refractivity contribution < 1.29 is 26.7 Å². The number of benzene rings is 1. The molecule has 3 aliphatic rings. The number of anilines is 2. The molecule has 3 N–H and O–H groups in total. The highest BCUT2D eigenvalue weighted by Crippen LogP contribution is 2.46. The average Bonchev–Trinajstić information content (AvgIpc) is 3.35. The van der Waals surface area contributed by atoms with E-state index in [1.54, 1.807) is 6.07 Å². The molecule has 0 amide bonds. The predicted octanol–water partition coefficient (Wildman–Crippen LogP) is 5.59. The lowest BCUT2D eigenvalue weighted by Gasteiger charge is -2.44. The Morgan fingerprint density at radius 2 is 1.93 bits per heavy atom. The number of rotatable bonds is 7. The predicted molar refractivity (Wildman–Crippen MR) is 164 cm³/mol. The number of alkyl halides is 4. The van der Waals surface area contributed by atoms with Crippen LogP contribution in [0.2, 0.25) is 5.02 Å². The summed E-state index contributed by atoms with van der Waals surface area (Å²) in [5, 5.41) is 12.7. The Hall–Kier alpha value is -3.54. The van der Waals surface area contributed by atoms with E-state index in [0.29, 0.717) is 31.9 Å². The first-order valence-corrected chi connectivity index (χ1v) is 15.6. The van der Waals surface area contributed by atoms with Crippen LogP contribution in [0.3, 0.4) is 0 Å². The van der Waals surface area contributed by atoms with Crippen LogP contribution in [-0.2, 0) is 6.18 Å². The molecule has 5 heterocycles. The third-order valence-electron chi connectivity index (χ3n) is 9.63. The SMILES string of the molecule is CCN1CC[C@H](CF)[C@](C)(COc2nc(N3C[C@H]4CC[C@@H](C3)N4)c3cnc(-c4c(C#N)c(N)cc(Cl)c4C(F)(F)F)c(F)c3n2)C1. The number of fused-ring (bicyclic) bond motifs is 3. The van der Waals surface area contributed by atoms with Crippen molar-refractivity contribution >= 4 is 34.0 Å². The quantitative estimate of drug-likeness (QED) is 0.246. The molecule has 3 aromatic rings. The first-order valence-electron chi connectivity index (χ1n) is 15.2. The largest absolute Gasteiger partial charge is 0.463 e. The number of ether oxygens (including phenoxy) is 1. The number of hydrogen-bond acceptors (Lipinski definition) is 9. The number of piperidine rings is 1. The Bertz CT molecular complexity index is 1690. The second kappa shape index (κ2) is 12.2. The highest BCUT2D eigenvalue weighted by Gasteiger charge is 2.42. The third kappa shape index (κ3) is 5.77. The minimum atomic E-state index is -5.06. The Balaban J connectivity index is 1.50. The van der Waals surface area contributed by atoms with Crippen LogP contribution in [0.15, 0.2) is 12.3 Å². The zero-order chi connectivity index (χ0) is 33.0. The number of aromatic nitrogens is 3. The van der Waals surface area contributed by atoms with Crippen LogP contribution >= 0.6 is 11.6 Å². The second-order valence-corrected chi connectivity index (χ2v) is 13.1. The fraction of sp³-hybridized carbons (Fsp3) is 0.548. The van der Waals surface area contributed by atoms with Crippen LogP contribution < -0.4 is 20.7 Å². The zero-order valence-corrected chi connectivity index (χ0v) is 26.2. The maximum Gasteiger partial charge on any atom is 0.418 e. The zero-order valence-electron chi connectivity index (χ0n) is 25.4. The van der Waals surface area contributed by atoms with Crippen molar-refractivity contribution in [3.63, 3.8) is 0 Å². The molecule has 4 atom stereocenters. The average molecular weight is 665 g/mol. The summed E-state index contributed by atoms with van der Waals surface area (Å²) in [6, 6.07) is 2.63. The molecule has 0 saturated carbocycles. The molecule has 246 valence electrons. The lowest BCUT2D eigenvalue weighted by Crippen LogP contribution is -2.51. The van der Waals surface area contributed by atoms with Gasteiger partial charge in [-0.25, -0.2) is 4.39 Å². The maximum atomic E-state index is 16.6. The first kappa shape index (κ1) is 32.4. The number of nitriles is 1. The van der Waals surface area contributed by atoms with Crippen LogP contribution in [0.5, 0.6) is 6.01 Å². The van der Waals surface area contributed by atoms with Crippen molar-refractivity contribution in [2.45, 2.75) is 51.4 Å². The Labute approximate surface area is 267 Å². The molecule has 0 spiro atoms. The van der Waals surface area contributed by atoms with E-state index in [1.165, 1.54) is 6.20 Å². The molecular formula is C31H34ClF5N8O. The van der Waals surface area contributed by atoms with Gasteiger partial charge in [0.25, 0.3) is 0 Å².